The van der Waals surface area contributed by atoms with Crippen molar-refractivity contribution in [1.29, 1.82) is 0 Å². The lowest BCUT2D eigenvalue weighted by atomic mass is 10.2. The summed E-state index contributed by atoms with van der Waals surface area (Å²) in [4.78, 5) is 21.4. The van der Waals surface area contributed by atoms with Crippen molar-refractivity contribution < 1.29 is 19.2 Å². The van der Waals surface area contributed by atoms with Gasteiger partial charge in [0.2, 0.25) is 5.91 Å². The van der Waals surface area contributed by atoms with Gasteiger partial charge in [0, 0.05) is 23.3 Å². The molecule has 0 spiro atoms. The maximum absolute atomic E-state index is 11.1. The lowest BCUT2D eigenvalue weighted by Crippen LogP contribution is -2.10. The van der Waals surface area contributed by atoms with E-state index in [0.29, 0.717) is 22.6 Å². The molecule has 2 N–H and O–H groups in total. The Bertz CT molecular complexity index is 715. The molecule has 0 radical (unpaired) electrons. The van der Waals surface area contributed by atoms with Crippen molar-refractivity contribution in [3.05, 3.63) is 63.7 Å². The molecule has 0 atom stereocenters. The van der Waals surface area contributed by atoms with Crippen molar-refractivity contribution >= 4 is 11.6 Å². The molecule has 7 heteroatoms. The molecule has 2 aromatic rings. The van der Waals surface area contributed by atoms with Crippen LogP contribution in [0.4, 0.5) is 5.69 Å². The average molecular weight is 302 g/mol. The summed E-state index contributed by atoms with van der Waals surface area (Å²) in [6.07, 6.45) is 0. The Morgan fingerprint density at radius 3 is 2.68 bits per heavy atom. The fourth-order valence-corrected chi connectivity index (χ4v) is 1.89. The van der Waals surface area contributed by atoms with Crippen LogP contribution in [0.2, 0.25) is 0 Å². The normalized spacial score (nSPS) is 10.0. The van der Waals surface area contributed by atoms with Gasteiger partial charge in [0.1, 0.15) is 18.1 Å². The molecule has 0 unspecified atom stereocenters. The number of carbonyl (C=O) groups is 1. The van der Waals surface area contributed by atoms with Gasteiger partial charge >= 0.3 is 0 Å². The number of nitrogens with zero attached hydrogens (tertiary/aromatic N) is 1. The zero-order valence-electron chi connectivity index (χ0n) is 11.8. The molecule has 0 fully saturated rings. The van der Waals surface area contributed by atoms with Crippen LogP contribution >= 0.6 is 0 Å². The molecule has 7 nitrogen and oxygen atoms in total. The molecule has 0 aliphatic heterocycles. The molecule has 0 saturated carbocycles. The smallest absolute Gasteiger partial charge is 0.270 e. The number of methoxy groups -OCH3 is 1. The van der Waals surface area contributed by atoms with Crippen LogP contribution in [0.1, 0.15) is 15.9 Å². The van der Waals surface area contributed by atoms with Crippen LogP contribution in [0.15, 0.2) is 42.5 Å². The highest BCUT2D eigenvalue weighted by Crippen LogP contribution is 2.25. The van der Waals surface area contributed by atoms with Gasteiger partial charge in [-0.1, -0.05) is 6.07 Å². The number of non-ortho nitro benzene ring substituents is 1. The summed E-state index contributed by atoms with van der Waals surface area (Å²) in [5.41, 5.74) is 6.00. The second-order valence-electron chi connectivity index (χ2n) is 4.43. The summed E-state index contributed by atoms with van der Waals surface area (Å²) in [7, 11) is 1.47. The highest BCUT2D eigenvalue weighted by atomic mass is 16.6. The lowest BCUT2D eigenvalue weighted by Gasteiger charge is -2.10. The zero-order valence-corrected chi connectivity index (χ0v) is 11.8. The highest BCUT2D eigenvalue weighted by molar-refractivity contribution is 5.93. The van der Waals surface area contributed by atoms with Gasteiger partial charge in [-0.3, -0.25) is 14.9 Å². The topological polar surface area (TPSA) is 105 Å². The summed E-state index contributed by atoms with van der Waals surface area (Å²) < 4.78 is 10.7. The number of amides is 1. The van der Waals surface area contributed by atoms with Crippen molar-refractivity contribution in [2.24, 2.45) is 5.73 Å². The number of nitrogens with two attached hydrogens (primary N) is 1. The second kappa shape index (κ2) is 6.57. The minimum atomic E-state index is -0.557. The Morgan fingerprint density at radius 1 is 1.27 bits per heavy atom. The number of ether oxygens (including phenoxy) is 2. The standard InChI is InChI=1S/C15H14N2O5/c1-21-14-6-5-12(17(19)20)7-11(14)9-22-13-4-2-3-10(8-13)15(16)18/h2-8H,9H2,1H3,(H2,16,18). The van der Waals surface area contributed by atoms with Gasteiger partial charge in [-0.25, -0.2) is 0 Å². The van der Waals surface area contributed by atoms with Crippen LogP contribution in [0.3, 0.4) is 0 Å². The third-order valence-corrected chi connectivity index (χ3v) is 2.99. The van der Waals surface area contributed by atoms with E-state index < -0.39 is 10.8 Å². The summed E-state index contributed by atoms with van der Waals surface area (Å²) >= 11 is 0. The summed E-state index contributed by atoms with van der Waals surface area (Å²) in [6.45, 7) is 0.0626. The molecular weight excluding hydrogens is 288 g/mol. The summed E-state index contributed by atoms with van der Waals surface area (Å²) in [6, 6.07) is 10.6. The van der Waals surface area contributed by atoms with E-state index in [-0.39, 0.29) is 12.3 Å². The fraction of sp³-hybridized carbons (Fsp3) is 0.133. The summed E-state index contributed by atoms with van der Waals surface area (Å²) in [5, 5.41) is 10.8. The minimum Gasteiger partial charge on any atom is -0.496 e. The van der Waals surface area contributed by atoms with Gasteiger partial charge in [-0.2, -0.15) is 0 Å². The molecule has 0 aliphatic rings. The van der Waals surface area contributed by atoms with Gasteiger partial charge in [0.15, 0.2) is 0 Å². The molecule has 0 saturated heterocycles. The molecule has 0 heterocycles. The molecule has 22 heavy (non-hydrogen) atoms. The molecule has 2 rings (SSSR count). The van der Waals surface area contributed by atoms with E-state index in [1.165, 1.54) is 31.4 Å². The molecular formula is C15H14N2O5. The maximum Gasteiger partial charge on any atom is 0.270 e. The molecule has 0 aromatic heterocycles. The minimum absolute atomic E-state index is 0.0507. The zero-order chi connectivity index (χ0) is 16.1. The maximum atomic E-state index is 11.1. The van der Waals surface area contributed by atoms with E-state index in [0.717, 1.165) is 0 Å². The monoisotopic (exact) mass is 302 g/mol. The third-order valence-electron chi connectivity index (χ3n) is 2.99. The van der Waals surface area contributed by atoms with Crippen LogP contribution in [0, 0.1) is 10.1 Å². The van der Waals surface area contributed by atoms with Crippen LogP contribution in [0.25, 0.3) is 0 Å². The third kappa shape index (κ3) is 3.51. The average Bonchev–Trinajstić information content (AvgIpc) is 2.52. The van der Waals surface area contributed by atoms with E-state index in [4.69, 9.17) is 15.2 Å². The first kappa shape index (κ1) is 15.3. The fourth-order valence-electron chi connectivity index (χ4n) is 1.89. The number of rotatable bonds is 6. The predicted molar refractivity (Wildman–Crippen MR) is 78.9 cm³/mol. The lowest BCUT2D eigenvalue weighted by molar-refractivity contribution is -0.385. The van der Waals surface area contributed by atoms with Crippen LogP contribution in [-0.2, 0) is 6.61 Å². The predicted octanol–water partition coefficient (Wildman–Crippen LogP) is 2.28. The molecule has 0 bridgehead atoms. The van der Waals surface area contributed by atoms with Gasteiger partial charge in [-0.15, -0.1) is 0 Å². The quantitative estimate of drug-likeness (QED) is 0.651. The number of hydrogen-bond acceptors (Lipinski definition) is 5. The van der Waals surface area contributed by atoms with Crippen LogP contribution in [-0.4, -0.2) is 17.9 Å². The second-order valence-corrected chi connectivity index (χ2v) is 4.43. The number of nitro benzene ring substituents is 1. The molecule has 0 aliphatic carbocycles. The Kier molecular flexibility index (Phi) is 4.57. The van der Waals surface area contributed by atoms with E-state index in [2.05, 4.69) is 0 Å². The van der Waals surface area contributed by atoms with Gasteiger partial charge in [0.25, 0.3) is 5.69 Å². The number of carbonyl (C=O) groups excluding carboxylic acids is 1. The SMILES string of the molecule is COc1ccc([N+](=O)[O-])cc1COc1cccc(C(N)=O)c1. The largest absolute Gasteiger partial charge is 0.496 e. The first-order chi connectivity index (χ1) is 10.5. The van der Waals surface area contributed by atoms with Gasteiger partial charge in [0.05, 0.1) is 12.0 Å². The van der Waals surface area contributed by atoms with Gasteiger partial charge < -0.3 is 15.2 Å². The summed E-state index contributed by atoms with van der Waals surface area (Å²) in [5.74, 6) is 0.361. The number of nitro groups is 1. The first-order valence-corrected chi connectivity index (χ1v) is 6.35. The Labute approximate surface area is 126 Å². The van der Waals surface area contributed by atoms with Crippen molar-refractivity contribution in [3.8, 4) is 11.5 Å². The first-order valence-electron chi connectivity index (χ1n) is 6.35. The van der Waals surface area contributed by atoms with Crippen LogP contribution < -0.4 is 15.2 Å². The number of hydrogen-bond donors (Lipinski definition) is 1. The molecule has 2 aromatic carbocycles. The number of benzene rings is 2. The van der Waals surface area contributed by atoms with E-state index in [9.17, 15) is 14.9 Å². The van der Waals surface area contributed by atoms with E-state index in [1.807, 2.05) is 0 Å². The van der Waals surface area contributed by atoms with Crippen molar-refractivity contribution in [2.75, 3.05) is 7.11 Å². The van der Waals surface area contributed by atoms with Gasteiger partial charge in [-0.05, 0) is 24.3 Å². The molecule has 114 valence electrons. The van der Waals surface area contributed by atoms with E-state index in [1.54, 1.807) is 18.2 Å². The highest BCUT2D eigenvalue weighted by Gasteiger charge is 2.12. The van der Waals surface area contributed by atoms with Crippen LogP contribution in [0.5, 0.6) is 11.5 Å². The van der Waals surface area contributed by atoms with Crippen molar-refractivity contribution in [1.82, 2.24) is 0 Å². The van der Waals surface area contributed by atoms with Crippen molar-refractivity contribution in [2.45, 2.75) is 6.61 Å². The Hall–Kier alpha value is -3.09. The van der Waals surface area contributed by atoms with E-state index >= 15 is 0 Å². The van der Waals surface area contributed by atoms with Crippen molar-refractivity contribution in [3.63, 3.8) is 0 Å². The molecule has 1 amide bonds. The Balaban J connectivity index is 2.20. The number of primary amides is 1. The Morgan fingerprint density at radius 2 is 2.05 bits per heavy atom.